The average Bonchev–Trinajstić information content (AvgIpc) is 2.58. The standard InChI is InChI=1S/C19H24N2O4/c22-6-5-20-17(23)19-10-13-7-14(11-19)9-18(8-13,12-19)15-1-3-16(4-2-15)21(24)25/h1-4,13-14,22H,5-12H2,(H,20,23)/t13-,14+,18?,19?. The Kier molecular flexibility index (Phi) is 3.83. The van der Waals surface area contributed by atoms with E-state index in [9.17, 15) is 14.9 Å². The molecule has 0 aromatic heterocycles. The molecule has 25 heavy (non-hydrogen) atoms. The van der Waals surface area contributed by atoms with E-state index < -0.39 is 0 Å². The number of hydrogen-bond acceptors (Lipinski definition) is 4. The van der Waals surface area contributed by atoms with Crippen molar-refractivity contribution >= 4 is 11.6 Å². The minimum absolute atomic E-state index is 0.0320. The van der Waals surface area contributed by atoms with E-state index in [-0.39, 0.29) is 34.0 Å². The van der Waals surface area contributed by atoms with Gasteiger partial charge in [-0.2, -0.15) is 0 Å². The second kappa shape index (κ2) is 5.80. The fourth-order valence-corrected chi connectivity index (χ4v) is 6.16. The fraction of sp³-hybridized carbons (Fsp3) is 0.632. The second-order valence-electron chi connectivity index (χ2n) is 8.31. The van der Waals surface area contributed by atoms with E-state index in [0.29, 0.717) is 18.4 Å². The van der Waals surface area contributed by atoms with Crippen molar-refractivity contribution in [2.45, 2.75) is 43.9 Å². The molecule has 4 fully saturated rings. The van der Waals surface area contributed by atoms with Crippen LogP contribution in [-0.2, 0) is 10.2 Å². The van der Waals surface area contributed by atoms with Crippen molar-refractivity contribution in [1.29, 1.82) is 0 Å². The zero-order valence-electron chi connectivity index (χ0n) is 14.2. The summed E-state index contributed by atoms with van der Waals surface area (Å²) in [5.74, 6) is 1.19. The SMILES string of the molecule is O=C(NCCO)C12C[C@H]3C[C@@H](C1)CC(c1ccc([N+](=O)[O-])cc1)(C3)C2. The van der Waals surface area contributed by atoms with Gasteiger partial charge in [0.25, 0.3) is 5.69 Å². The summed E-state index contributed by atoms with van der Waals surface area (Å²) in [4.78, 5) is 23.4. The summed E-state index contributed by atoms with van der Waals surface area (Å²) in [7, 11) is 0. The zero-order valence-corrected chi connectivity index (χ0v) is 14.2. The number of nitro benzene ring substituents is 1. The Labute approximate surface area is 146 Å². The highest BCUT2D eigenvalue weighted by atomic mass is 16.6. The number of non-ortho nitro benzene ring substituents is 1. The number of benzene rings is 1. The van der Waals surface area contributed by atoms with Gasteiger partial charge >= 0.3 is 0 Å². The number of rotatable bonds is 5. The van der Waals surface area contributed by atoms with Crippen LogP contribution in [0.25, 0.3) is 0 Å². The van der Waals surface area contributed by atoms with Gasteiger partial charge in [-0.3, -0.25) is 14.9 Å². The summed E-state index contributed by atoms with van der Waals surface area (Å²) < 4.78 is 0. The maximum Gasteiger partial charge on any atom is 0.269 e. The Balaban J connectivity index is 1.66. The van der Waals surface area contributed by atoms with Crippen molar-refractivity contribution in [2.75, 3.05) is 13.2 Å². The minimum Gasteiger partial charge on any atom is -0.395 e. The lowest BCUT2D eigenvalue weighted by Crippen LogP contribution is -2.59. The van der Waals surface area contributed by atoms with Gasteiger partial charge < -0.3 is 10.4 Å². The van der Waals surface area contributed by atoms with Gasteiger partial charge in [0.05, 0.1) is 16.9 Å². The third kappa shape index (κ3) is 2.63. The molecule has 1 aromatic rings. The quantitative estimate of drug-likeness (QED) is 0.634. The van der Waals surface area contributed by atoms with Crippen LogP contribution < -0.4 is 5.32 Å². The van der Waals surface area contributed by atoms with Gasteiger partial charge in [0.2, 0.25) is 5.91 Å². The number of aliphatic hydroxyl groups is 1. The minimum atomic E-state index is -0.368. The van der Waals surface area contributed by atoms with Crippen LogP contribution in [0, 0.1) is 27.4 Å². The highest BCUT2D eigenvalue weighted by molar-refractivity contribution is 5.83. The molecule has 4 saturated carbocycles. The number of aliphatic hydroxyl groups excluding tert-OH is 1. The van der Waals surface area contributed by atoms with Gasteiger partial charge in [-0.1, -0.05) is 12.1 Å². The molecule has 0 aliphatic heterocycles. The first kappa shape index (κ1) is 16.5. The van der Waals surface area contributed by atoms with Crippen molar-refractivity contribution < 1.29 is 14.8 Å². The molecule has 4 atom stereocenters. The van der Waals surface area contributed by atoms with Crippen LogP contribution in [0.1, 0.15) is 44.1 Å². The number of nitrogens with zero attached hydrogens (tertiary/aromatic N) is 1. The van der Waals surface area contributed by atoms with Crippen molar-refractivity contribution in [3.8, 4) is 0 Å². The molecule has 134 valence electrons. The molecule has 0 spiro atoms. The third-order valence-corrected chi connectivity index (χ3v) is 6.63. The summed E-state index contributed by atoms with van der Waals surface area (Å²) in [5.41, 5.74) is 0.895. The Morgan fingerprint density at radius 1 is 1.20 bits per heavy atom. The lowest BCUT2D eigenvalue weighted by Gasteiger charge is -2.61. The molecule has 0 radical (unpaired) electrons. The predicted octanol–water partition coefficient (Wildman–Crippen LogP) is 2.54. The zero-order chi connectivity index (χ0) is 17.7. The summed E-state index contributed by atoms with van der Waals surface area (Å²) in [6.45, 7) is 0.266. The fourth-order valence-electron chi connectivity index (χ4n) is 6.16. The van der Waals surface area contributed by atoms with Gasteiger partial charge in [-0.05, 0) is 61.3 Å². The summed E-state index contributed by atoms with van der Waals surface area (Å²) in [5, 5.41) is 22.9. The third-order valence-electron chi connectivity index (χ3n) is 6.63. The summed E-state index contributed by atoms with van der Waals surface area (Å²) in [6.07, 6.45) is 6.06. The molecular formula is C19H24N2O4. The molecular weight excluding hydrogens is 320 g/mol. The second-order valence-corrected chi connectivity index (χ2v) is 8.31. The predicted molar refractivity (Wildman–Crippen MR) is 92.0 cm³/mol. The molecule has 5 rings (SSSR count). The van der Waals surface area contributed by atoms with Gasteiger partial charge in [-0.15, -0.1) is 0 Å². The molecule has 2 unspecified atom stereocenters. The first-order chi connectivity index (χ1) is 12.0. The Bertz CT molecular complexity index is 686. The molecule has 2 N–H and O–H groups in total. The highest BCUT2D eigenvalue weighted by Gasteiger charge is 2.60. The number of nitro groups is 1. The van der Waals surface area contributed by atoms with Gasteiger partial charge in [0.1, 0.15) is 0 Å². The average molecular weight is 344 g/mol. The molecule has 6 heteroatoms. The van der Waals surface area contributed by atoms with Crippen LogP contribution in [0.4, 0.5) is 5.69 Å². The number of nitrogens with one attached hydrogen (secondary N) is 1. The molecule has 0 saturated heterocycles. The van der Waals surface area contributed by atoms with Gasteiger partial charge in [0, 0.05) is 18.7 Å². The lowest BCUT2D eigenvalue weighted by molar-refractivity contribution is -0.384. The molecule has 6 nitrogen and oxygen atoms in total. The molecule has 4 aliphatic rings. The van der Waals surface area contributed by atoms with E-state index in [2.05, 4.69) is 5.32 Å². The first-order valence-electron chi connectivity index (χ1n) is 9.10. The van der Waals surface area contributed by atoms with Crippen molar-refractivity contribution in [2.24, 2.45) is 17.3 Å². The monoisotopic (exact) mass is 344 g/mol. The highest BCUT2D eigenvalue weighted by Crippen LogP contribution is 2.65. The lowest BCUT2D eigenvalue weighted by atomic mass is 9.42. The van der Waals surface area contributed by atoms with Crippen LogP contribution in [0.15, 0.2) is 24.3 Å². The van der Waals surface area contributed by atoms with E-state index in [1.807, 2.05) is 12.1 Å². The molecule has 1 aromatic carbocycles. The van der Waals surface area contributed by atoms with E-state index >= 15 is 0 Å². The summed E-state index contributed by atoms with van der Waals surface area (Å²) in [6, 6.07) is 6.97. The number of amides is 1. The van der Waals surface area contributed by atoms with Crippen LogP contribution in [0.5, 0.6) is 0 Å². The van der Waals surface area contributed by atoms with Gasteiger partial charge in [0.15, 0.2) is 0 Å². The topological polar surface area (TPSA) is 92.5 Å². The maximum absolute atomic E-state index is 12.9. The van der Waals surface area contributed by atoms with Crippen LogP contribution in [0.3, 0.4) is 0 Å². The number of carbonyl (C=O) groups excluding carboxylic acids is 1. The van der Waals surface area contributed by atoms with E-state index in [4.69, 9.17) is 5.11 Å². The molecule has 1 amide bonds. The number of hydrogen-bond donors (Lipinski definition) is 2. The molecule has 4 aliphatic carbocycles. The van der Waals surface area contributed by atoms with Crippen molar-refractivity contribution in [1.82, 2.24) is 5.32 Å². The number of carbonyl (C=O) groups is 1. The van der Waals surface area contributed by atoms with Crippen molar-refractivity contribution in [3.05, 3.63) is 39.9 Å². The first-order valence-corrected chi connectivity index (χ1v) is 9.10. The normalized spacial score (nSPS) is 35.6. The van der Waals surface area contributed by atoms with Crippen LogP contribution in [0.2, 0.25) is 0 Å². The largest absolute Gasteiger partial charge is 0.395 e. The Hall–Kier alpha value is -1.95. The van der Waals surface area contributed by atoms with Gasteiger partial charge in [-0.25, -0.2) is 0 Å². The van der Waals surface area contributed by atoms with E-state index in [1.54, 1.807) is 12.1 Å². The van der Waals surface area contributed by atoms with E-state index in [0.717, 1.165) is 37.7 Å². The van der Waals surface area contributed by atoms with Crippen LogP contribution in [-0.4, -0.2) is 29.1 Å². The van der Waals surface area contributed by atoms with E-state index in [1.165, 1.54) is 6.42 Å². The van der Waals surface area contributed by atoms with Crippen molar-refractivity contribution in [3.63, 3.8) is 0 Å². The Morgan fingerprint density at radius 2 is 1.84 bits per heavy atom. The molecule has 4 bridgehead atoms. The van der Waals surface area contributed by atoms with Crippen LogP contribution >= 0.6 is 0 Å². The Morgan fingerprint density at radius 3 is 2.40 bits per heavy atom. The smallest absolute Gasteiger partial charge is 0.269 e. The maximum atomic E-state index is 12.9. The molecule has 0 heterocycles. The summed E-state index contributed by atoms with van der Waals surface area (Å²) >= 11 is 0.